The second-order valence-electron chi connectivity index (χ2n) is 4.59. The van der Waals surface area contributed by atoms with Crippen molar-refractivity contribution in [3.8, 4) is 0 Å². The van der Waals surface area contributed by atoms with Crippen LogP contribution in [0.4, 0.5) is 0 Å². The molecule has 0 spiro atoms. The van der Waals surface area contributed by atoms with Crippen molar-refractivity contribution < 1.29 is 131 Å². The van der Waals surface area contributed by atoms with Crippen LogP contribution in [-0.4, -0.2) is 34.2 Å². The molecule has 0 saturated heterocycles. The first kappa shape index (κ1) is 38.1. The summed E-state index contributed by atoms with van der Waals surface area (Å²) in [7, 11) is 0.523. The summed E-state index contributed by atoms with van der Waals surface area (Å²) in [6.07, 6.45) is 0. The van der Waals surface area contributed by atoms with E-state index in [0.717, 1.165) is 0 Å². The molecule has 8 radical (unpaired) electrons. The Morgan fingerprint density at radius 3 is 0.647 bits per heavy atom. The number of rotatable bonds is 3. The van der Waals surface area contributed by atoms with Gasteiger partial charge >= 0.3 is 0 Å². The van der Waals surface area contributed by atoms with Crippen LogP contribution in [0.1, 0.15) is 0 Å². The predicted octanol–water partition coefficient (Wildman–Crippen LogP) is 3.60. The van der Waals surface area contributed by atoms with Crippen molar-refractivity contribution >= 4 is 34.2 Å². The summed E-state index contributed by atoms with van der Waals surface area (Å²) in [5.74, 6) is 0. The molecule has 0 aliphatic rings. The molecule has 0 amide bonds. The fraction of sp³-hybridized carbons (Fsp3) is 1.00. The molecule has 0 nitrogen and oxygen atoms in total. The van der Waals surface area contributed by atoms with Crippen LogP contribution in [0.25, 0.3) is 0 Å². The SMILES string of the molecule is C[Si](C)C[Si](C)C.C[Si](C)[Si](C)C.[Y].[Y].[Y].[Y]. The molecular weight excluding hydrogens is 576 g/mol. The van der Waals surface area contributed by atoms with E-state index in [2.05, 4.69) is 52.4 Å². The maximum atomic E-state index is 2.39. The van der Waals surface area contributed by atoms with E-state index >= 15 is 0 Å². The minimum atomic E-state index is 0. The molecule has 0 heterocycles. The molecule has 0 aliphatic carbocycles. The fourth-order valence-electron chi connectivity index (χ4n) is 0.707. The molecule has 0 aliphatic heterocycles. The molecule has 0 aromatic rings. The van der Waals surface area contributed by atoms with Crippen molar-refractivity contribution in [2.24, 2.45) is 0 Å². The molecule has 0 atom stereocenters. The summed E-state index contributed by atoms with van der Waals surface area (Å²) in [4.78, 5) is 0. The predicted molar refractivity (Wildman–Crippen MR) is 74.7 cm³/mol. The molecule has 8 heteroatoms. The van der Waals surface area contributed by atoms with Crippen molar-refractivity contribution in [1.29, 1.82) is 0 Å². The zero-order chi connectivity index (χ0) is 11.0. The normalized spacial score (nSPS) is 8.47. The van der Waals surface area contributed by atoms with E-state index in [1.54, 1.807) is 5.67 Å². The van der Waals surface area contributed by atoms with Gasteiger partial charge in [0.05, 0.1) is 0 Å². The first-order chi connectivity index (χ1) is 5.77. The van der Waals surface area contributed by atoms with E-state index in [9.17, 15) is 0 Å². The van der Waals surface area contributed by atoms with E-state index < -0.39 is 0 Å². The van der Waals surface area contributed by atoms with Gasteiger partial charge in [0.1, 0.15) is 0 Å². The van der Waals surface area contributed by atoms with E-state index in [1.165, 1.54) is 0 Å². The molecule has 0 saturated carbocycles. The Hall–Kier alpha value is 5.28. The van der Waals surface area contributed by atoms with Gasteiger partial charge in [0.25, 0.3) is 0 Å². The minimum absolute atomic E-state index is 0. The molecular formula is C9H26Si4Y4. The molecule has 90 valence electrons. The van der Waals surface area contributed by atoms with Gasteiger partial charge in [-0.25, -0.2) is 0 Å². The third-order valence-electron chi connectivity index (χ3n) is 1.71. The van der Waals surface area contributed by atoms with Gasteiger partial charge in [0.15, 0.2) is 0 Å². The summed E-state index contributed by atoms with van der Waals surface area (Å²) in [5.41, 5.74) is 1.56. The molecule has 0 aromatic carbocycles. The van der Waals surface area contributed by atoms with Crippen LogP contribution in [-0.2, 0) is 131 Å². The van der Waals surface area contributed by atoms with Crippen LogP contribution < -0.4 is 0 Å². The Bertz CT molecular complexity index is 101. The smallest absolute Gasteiger partial charge is 0.0382 e. The zero-order valence-corrected chi connectivity index (χ0v) is 28.4. The molecule has 0 unspecified atom stereocenters. The van der Waals surface area contributed by atoms with Crippen molar-refractivity contribution in [2.75, 3.05) is 0 Å². The monoisotopic (exact) mass is 602 g/mol. The van der Waals surface area contributed by atoms with Gasteiger partial charge in [0, 0.05) is 165 Å². The number of hydrogen-bond acceptors (Lipinski definition) is 0. The maximum Gasteiger partial charge on any atom is 0.0382 e. The van der Waals surface area contributed by atoms with Crippen LogP contribution in [0.3, 0.4) is 0 Å². The second kappa shape index (κ2) is 26.2. The Labute approximate surface area is 218 Å². The summed E-state index contributed by atoms with van der Waals surface area (Å²) in [6, 6.07) is 0. The Kier molecular flexibility index (Phi) is 58.7. The van der Waals surface area contributed by atoms with Crippen LogP contribution in [0.2, 0.25) is 58.0 Å². The molecule has 0 rings (SSSR count). The van der Waals surface area contributed by atoms with Crippen LogP contribution in [0.15, 0.2) is 0 Å². The zero-order valence-electron chi connectivity index (χ0n) is 13.0. The molecule has 0 aromatic heterocycles. The molecule has 0 bridgehead atoms. The Morgan fingerprint density at radius 2 is 0.647 bits per heavy atom. The van der Waals surface area contributed by atoms with Crippen molar-refractivity contribution in [3.05, 3.63) is 0 Å². The summed E-state index contributed by atoms with van der Waals surface area (Å²) >= 11 is 0. The topological polar surface area (TPSA) is 0 Å². The van der Waals surface area contributed by atoms with E-state index in [1.807, 2.05) is 0 Å². The van der Waals surface area contributed by atoms with Crippen LogP contribution >= 0.6 is 0 Å². The Balaban J connectivity index is -0.0000000290. The first-order valence-corrected chi connectivity index (χ1v) is 16.4. The average molecular weight is 602 g/mol. The summed E-state index contributed by atoms with van der Waals surface area (Å²) in [5, 5.41) is 0. The largest absolute Gasteiger partial charge is 0.0735 e. The first-order valence-electron chi connectivity index (χ1n) is 4.96. The van der Waals surface area contributed by atoms with E-state index in [4.69, 9.17) is 0 Å². The molecule has 0 fully saturated rings. The van der Waals surface area contributed by atoms with Gasteiger partial charge in [-0.1, -0.05) is 58.0 Å². The van der Waals surface area contributed by atoms with E-state index in [-0.39, 0.29) is 165 Å². The van der Waals surface area contributed by atoms with Crippen molar-refractivity contribution in [1.82, 2.24) is 0 Å². The standard InChI is InChI=1S/C5H14Si2.C4H12Si2.4Y/c1-6(2)5-7(3)4;1-5(2)6(3)4;;;;/h5H2,1-4H3;1-4H3;;;;. The fourth-order valence-corrected chi connectivity index (χ4v) is 6.36. The third kappa shape index (κ3) is 44.9. The van der Waals surface area contributed by atoms with Gasteiger partial charge in [-0.2, -0.15) is 0 Å². The summed E-state index contributed by atoms with van der Waals surface area (Å²) in [6.45, 7) is 19.1. The van der Waals surface area contributed by atoms with Gasteiger partial charge in [-0.05, 0) is 0 Å². The van der Waals surface area contributed by atoms with Gasteiger partial charge in [-0.3, -0.25) is 0 Å². The van der Waals surface area contributed by atoms with Crippen molar-refractivity contribution in [3.63, 3.8) is 0 Å². The van der Waals surface area contributed by atoms with Gasteiger partial charge < -0.3 is 0 Å². The third-order valence-corrected chi connectivity index (χ3v) is 15.4. The number of hydrogen-bond donors (Lipinski definition) is 0. The molecule has 17 heavy (non-hydrogen) atoms. The quantitative estimate of drug-likeness (QED) is 0.434. The summed E-state index contributed by atoms with van der Waals surface area (Å²) < 4.78 is 0. The van der Waals surface area contributed by atoms with Crippen molar-refractivity contribution in [2.45, 2.75) is 58.0 Å². The van der Waals surface area contributed by atoms with Crippen LogP contribution in [0.5, 0.6) is 0 Å². The van der Waals surface area contributed by atoms with Crippen LogP contribution in [0, 0.1) is 0 Å². The van der Waals surface area contributed by atoms with Gasteiger partial charge in [-0.15, -0.1) is 0 Å². The maximum absolute atomic E-state index is 2.39. The molecule has 0 N–H and O–H groups in total. The Morgan fingerprint density at radius 1 is 0.471 bits per heavy atom. The average Bonchev–Trinajstić information content (AvgIpc) is 1.84. The van der Waals surface area contributed by atoms with Gasteiger partial charge in [0.2, 0.25) is 0 Å². The second-order valence-corrected chi connectivity index (χ2v) is 20.8. The van der Waals surface area contributed by atoms with E-state index in [0.29, 0.717) is 0 Å². The minimum Gasteiger partial charge on any atom is -0.0735 e.